The van der Waals surface area contributed by atoms with Crippen LogP contribution in [0.4, 0.5) is 15.8 Å². The van der Waals surface area contributed by atoms with Crippen molar-refractivity contribution in [2.45, 2.75) is 13.3 Å². The topological polar surface area (TPSA) is 88.8 Å². The SMILES string of the molecule is CCc1nc2ccc(Br)cc2c(=O)n1N=Cc1ccc(N(C)C)cc1OCC(=O)Nc1cccc(F)c1. The predicted octanol–water partition coefficient (Wildman–Crippen LogP) is 4.83. The number of ether oxygens (including phenoxy) is 1. The molecule has 0 aliphatic rings. The average Bonchev–Trinajstić information content (AvgIpc) is 2.87. The van der Waals surface area contributed by atoms with Crippen molar-refractivity contribution < 1.29 is 13.9 Å². The van der Waals surface area contributed by atoms with Crippen molar-refractivity contribution >= 4 is 50.3 Å². The molecule has 0 aliphatic carbocycles. The van der Waals surface area contributed by atoms with Gasteiger partial charge in [-0.1, -0.05) is 28.9 Å². The fourth-order valence-corrected chi connectivity index (χ4v) is 3.96. The largest absolute Gasteiger partial charge is 0.483 e. The van der Waals surface area contributed by atoms with Crippen LogP contribution in [0, 0.1) is 5.82 Å². The standard InChI is InChI=1S/C27H25BrFN5O3/c1-4-25-32-23-11-9-18(28)12-22(23)27(36)34(25)30-15-17-8-10-21(33(2)3)14-24(17)37-16-26(35)31-20-7-5-6-19(29)13-20/h5-15H,4,16H2,1-3H3,(H,31,35). The van der Waals surface area contributed by atoms with E-state index in [0.717, 1.165) is 10.2 Å². The van der Waals surface area contributed by atoms with E-state index in [1.54, 1.807) is 30.3 Å². The Morgan fingerprint density at radius 3 is 2.73 bits per heavy atom. The maximum atomic E-state index is 13.4. The van der Waals surface area contributed by atoms with E-state index in [4.69, 9.17) is 4.74 Å². The number of carbonyl (C=O) groups excluding carboxylic acids is 1. The highest BCUT2D eigenvalue weighted by Crippen LogP contribution is 2.24. The molecule has 0 saturated carbocycles. The van der Waals surface area contributed by atoms with Crippen molar-refractivity contribution in [1.29, 1.82) is 0 Å². The van der Waals surface area contributed by atoms with Gasteiger partial charge in [-0.15, -0.1) is 0 Å². The molecule has 1 aromatic heterocycles. The molecule has 8 nitrogen and oxygen atoms in total. The van der Waals surface area contributed by atoms with E-state index in [-0.39, 0.29) is 12.2 Å². The fraction of sp³-hybridized carbons (Fsp3) is 0.185. The van der Waals surface area contributed by atoms with Crippen LogP contribution in [0.15, 0.2) is 75.0 Å². The summed E-state index contributed by atoms with van der Waals surface area (Å²) < 4.78 is 21.3. The lowest BCUT2D eigenvalue weighted by atomic mass is 10.2. The molecule has 4 aromatic rings. The van der Waals surface area contributed by atoms with Crippen LogP contribution in [-0.4, -0.2) is 42.5 Å². The Balaban J connectivity index is 1.63. The molecular formula is C27H25BrFN5O3. The number of carbonyl (C=O) groups is 1. The van der Waals surface area contributed by atoms with Crippen molar-refractivity contribution in [3.8, 4) is 5.75 Å². The summed E-state index contributed by atoms with van der Waals surface area (Å²) in [7, 11) is 3.77. The molecule has 0 unspecified atom stereocenters. The summed E-state index contributed by atoms with van der Waals surface area (Å²) in [5.41, 5.74) is 2.05. The summed E-state index contributed by atoms with van der Waals surface area (Å²) in [6, 6.07) is 16.4. The Labute approximate surface area is 221 Å². The Morgan fingerprint density at radius 2 is 2.00 bits per heavy atom. The minimum absolute atomic E-state index is 0.291. The van der Waals surface area contributed by atoms with Gasteiger partial charge in [-0.3, -0.25) is 9.59 Å². The van der Waals surface area contributed by atoms with Gasteiger partial charge >= 0.3 is 0 Å². The van der Waals surface area contributed by atoms with Gasteiger partial charge in [0.05, 0.1) is 17.1 Å². The number of fused-ring (bicyclic) bond motifs is 1. The zero-order valence-corrected chi connectivity index (χ0v) is 22.1. The third-order valence-corrected chi connectivity index (χ3v) is 5.98. The summed E-state index contributed by atoms with van der Waals surface area (Å²) in [5.74, 6) is 0.00975. The highest BCUT2D eigenvalue weighted by molar-refractivity contribution is 9.10. The van der Waals surface area contributed by atoms with E-state index in [0.29, 0.717) is 40.1 Å². The van der Waals surface area contributed by atoms with Crippen LogP contribution in [0.5, 0.6) is 5.75 Å². The molecule has 37 heavy (non-hydrogen) atoms. The molecule has 0 aliphatic heterocycles. The quantitative estimate of drug-likeness (QED) is 0.309. The summed E-state index contributed by atoms with van der Waals surface area (Å²) in [4.78, 5) is 32.1. The fourth-order valence-electron chi connectivity index (χ4n) is 3.60. The molecule has 1 N–H and O–H groups in total. The maximum absolute atomic E-state index is 13.4. The van der Waals surface area contributed by atoms with Crippen molar-refractivity contribution in [3.05, 3.63) is 92.7 Å². The lowest BCUT2D eigenvalue weighted by Crippen LogP contribution is -2.22. The Kier molecular flexibility index (Phi) is 7.98. The summed E-state index contributed by atoms with van der Waals surface area (Å²) in [6.07, 6.45) is 2.01. The van der Waals surface area contributed by atoms with Gasteiger partial charge < -0.3 is 15.0 Å². The first-order valence-electron chi connectivity index (χ1n) is 11.5. The second kappa shape index (κ2) is 11.3. The Bertz CT molecular complexity index is 1550. The van der Waals surface area contributed by atoms with Gasteiger partial charge in [-0.25, -0.2) is 9.37 Å². The summed E-state index contributed by atoms with van der Waals surface area (Å²) in [6.45, 7) is 1.59. The zero-order valence-electron chi connectivity index (χ0n) is 20.5. The second-order valence-electron chi connectivity index (χ2n) is 8.37. The molecule has 1 heterocycles. The molecule has 0 radical (unpaired) electrons. The number of anilines is 2. The zero-order chi connectivity index (χ0) is 26.5. The molecule has 4 rings (SSSR count). The number of aryl methyl sites for hydroxylation is 1. The smallest absolute Gasteiger partial charge is 0.282 e. The number of nitrogens with one attached hydrogen (secondary N) is 1. The number of aromatic nitrogens is 2. The van der Waals surface area contributed by atoms with Gasteiger partial charge in [-0.2, -0.15) is 9.78 Å². The van der Waals surface area contributed by atoms with Gasteiger partial charge in [0, 0.05) is 48.0 Å². The summed E-state index contributed by atoms with van der Waals surface area (Å²) >= 11 is 3.40. The number of rotatable bonds is 8. The third kappa shape index (κ3) is 6.21. The number of nitrogens with zero attached hydrogens (tertiary/aromatic N) is 4. The van der Waals surface area contributed by atoms with Gasteiger partial charge in [-0.05, 0) is 48.5 Å². The van der Waals surface area contributed by atoms with Crippen LogP contribution in [-0.2, 0) is 11.2 Å². The first kappa shape index (κ1) is 26.0. The molecule has 0 bridgehead atoms. The lowest BCUT2D eigenvalue weighted by Gasteiger charge is -2.16. The number of hydrogen-bond acceptors (Lipinski definition) is 6. The minimum atomic E-state index is -0.451. The van der Waals surface area contributed by atoms with E-state index in [9.17, 15) is 14.0 Å². The van der Waals surface area contributed by atoms with Crippen molar-refractivity contribution in [1.82, 2.24) is 9.66 Å². The second-order valence-corrected chi connectivity index (χ2v) is 9.28. The van der Waals surface area contributed by atoms with Crippen LogP contribution in [0.1, 0.15) is 18.3 Å². The van der Waals surface area contributed by atoms with Crippen LogP contribution in [0.25, 0.3) is 10.9 Å². The molecular weight excluding hydrogens is 541 g/mol. The third-order valence-electron chi connectivity index (χ3n) is 5.48. The van der Waals surface area contributed by atoms with Crippen LogP contribution in [0.3, 0.4) is 0 Å². The van der Waals surface area contributed by atoms with Gasteiger partial charge in [0.15, 0.2) is 6.61 Å². The molecule has 0 saturated heterocycles. The monoisotopic (exact) mass is 565 g/mol. The van der Waals surface area contributed by atoms with E-state index in [1.165, 1.54) is 29.1 Å². The van der Waals surface area contributed by atoms with Crippen molar-refractivity contribution in [2.24, 2.45) is 5.10 Å². The van der Waals surface area contributed by atoms with E-state index < -0.39 is 11.7 Å². The molecule has 10 heteroatoms. The highest BCUT2D eigenvalue weighted by atomic mass is 79.9. The van der Waals surface area contributed by atoms with E-state index in [2.05, 4.69) is 31.3 Å². The Hall–Kier alpha value is -4.05. The van der Waals surface area contributed by atoms with Crippen LogP contribution in [0.2, 0.25) is 0 Å². The van der Waals surface area contributed by atoms with Crippen LogP contribution < -0.4 is 20.5 Å². The molecule has 1 amide bonds. The molecule has 0 atom stereocenters. The number of halogens is 2. The van der Waals surface area contributed by atoms with Crippen LogP contribution >= 0.6 is 15.9 Å². The highest BCUT2D eigenvalue weighted by Gasteiger charge is 2.12. The minimum Gasteiger partial charge on any atom is -0.483 e. The molecule has 0 fully saturated rings. The van der Waals surface area contributed by atoms with E-state index >= 15 is 0 Å². The number of benzene rings is 3. The maximum Gasteiger partial charge on any atom is 0.282 e. The van der Waals surface area contributed by atoms with Gasteiger partial charge in [0.25, 0.3) is 11.5 Å². The van der Waals surface area contributed by atoms with Crippen molar-refractivity contribution in [2.75, 3.05) is 30.9 Å². The van der Waals surface area contributed by atoms with Gasteiger partial charge in [0.2, 0.25) is 0 Å². The van der Waals surface area contributed by atoms with Gasteiger partial charge in [0.1, 0.15) is 17.4 Å². The molecule has 0 spiro atoms. The van der Waals surface area contributed by atoms with E-state index in [1.807, 2.05) is 38.1 Å². The number of amides is 1. The average molecular weight is 566 g/mol. The molecule has 3 aromatic carbocycles. The first-order valence-corrected chi connectivity index (χ1v) is 12.3. The first-order chi connectivity index (χ1) is 17.7. The lowest BCUT2D eigenvalue weighted by molar-refractivity contribution is -0.118. The predicted molar refractivity (Wildman–Crippen MR) is 147 cm³/mol. The van der Waals surface area contributed by atoms with Crippen molar-refractivity contribution in [3.63, 3.8) is 0 Å². The Morgan fingerprint density at radius 1 is 1.19 bits per heavy atom. The normalized spacial score (nSPS) is 11.2. The number of hydrogen-bond donors (Lipinski definition) is 1. The molecule has 190 valence electrons. The summed E-state index contributed by atoms with van der Waals surface area (Å²) in [5, 5.41) is 7.48.